The Morgan fingerprint density at radius 3 is 2.45 bits per heavy atom. The molecule has 0 amide bonds. The lowest BCUT2D eigenvalue weighted by molar-refractivity contribution is 0.412. The molecule has 1 aromatic heterocycles. The Morgan fingerprint density at radius 2 is 1.73 bits per heavy atom. The van der Waals surface area contributed by atoms with E-state index in [4.69, 9.17) is 9.72 Å². The number of fused-ring (bicyclic) bond motifs is 1. The van der Waals surface area contributed by atoms with Crippen molar-refractivity contribution < 1.29 is 9.84 Å². The maximum Gasteiger partial charge on any atom is 0.125 e. The Morgan fingerprint density at radius 1 is 0.955 bits per heavy atom. The number of nitrogens with zero attached hydrogens (tertiary/aromatic N) is 1. The van der Waals surface area contributed by atoms with Crippen molar-refractivity contribution in [2.24, 2.45) is 0 Å². The molecule has 3 nitrogen and oxygen atoms in total. The van der Waals surface area contributed by atoms with Crippen molar-refractivity contribution in [3.63, 3.8) is 0 Å². The van der Waals surface area contributed by atoms with E-state index in [2.05, 4.69) is 32.9 Å². The molecular weight excluding hydrogens is 274 g/mol. The number of phenols is 1. The summed E-state index contributed by atoms with van der Waals surface area (Å²) < 4.78 is 5.25. The van der Waals surface area contributed by atoms with Gasteiger partial charge in [0.25, 0.3) is 0 Å². The van der Waals surface area contributed by atoms with Crippen LogP contribution in [0.4, 0.5) is 0 Å². The van der Waals surface area contributed by atoms with Gasteiger partial charge in [-0.15, -0.1) is 0 Å². The molecular formula is C19H19NO2. The quantitative estimate of drug-likeness (QED) is 0.754. The van der Waals surface area contributed by atoms with E-state index in [-0.39, 0.29) is 5.75 Å². The third-order valence-corrected chi connectivity index (χ3v) is 4.19. The minimum Gasteiger partial charge on any atom is -0.507 e. The molecule has 0 radical (unpaired) electrons. The van der Waals surface area contributed by atoms with Crippen molar-refractivity contribution in [3.8, 4) is 22.8 Å². The first-order valence-corrected chi connectivity index (χ1v) is 7.26. The summed E-state index contributed by atoms with van der Waals surface area (Å²) in [5, 5.41) is 11.3. The Balaban J connectivity index is 2.30. The van der Waals surface area contributed by atoms with Gasteiger partial charge in [-0.25, -0.2) is 4.98 Å². The highest BCUT2D eigenvalue weighted by Gasteiger charge is 2.12. The number of ether oxygens (including phenoxy) is 1. The first-order valence-electron chi connectivity index (χ1n) is 7.26. The van der Waals surface area contributed by atoms with Crippen LogP contribution in [-0.4, -0.2) is 17.2 Å². The fourth-order valence-corrected chi connectivity index (χ4v) is 2.68. The first kappa shape index (κ1) is 14.4. The number of aromatic nitrogens is 1. The van der Waals surface area contributed by atoms with Crippen molar-refractivity contribution in [2.75, 3.05) is 7.11 Å². The van der Waals surface area contributed by atoms with Gasteiger partial charge >= 0.3 is 0 Å². The van der Waals surface area contributed by atoms with Crippen molar-refractivity contribution in [1.82, 2.24) is 4.98 Å². The van der Waals surface area contributed by atoms with Crippen molar-refractivity contribution in [1.29, 1.82) is 0 Å². The summed E-state index contributed by atoms with van der Waals surface area (Å²) >= 11 is 0. The van der Waals surface area contributed by atoms with Crippen LogP contribution >= 0.6 is 0 Å². The lowest BCUT2D eigenvalue weighted by Crippen LogP contribution is -1.94. The number of phenolic OH excluding ortho intramolecular Hbond substituents is 1. The maximum atomic E-state index is 10.2. The van der Waals surface area contributed by atoms with Gasteiger partial charge in [0, 0.05) is 10.9 Å². The molecule has 0 aliphatic heterocycles. The standard InChI is InChI=1S/C19H19NO2/c1-11-5-7-15-12(2)9-17(20-19(15)13(11)3)16-10-14(22-4)6-8-18(16)21/h5-10,21H,1-4H3. The molecule has 0 aliphatic rings. The van der Waals surface area contributed by atoms with Gasteiger partial charge in [-0.2, -0.15) is 0 Å². The molecule has 3 rings (SSSR count). The normalized spacial score (nSPS) is 10.9. The van der Waals surface area contributed by atoms with Crippen molar-refractivity contribution >= 4 is 10.9 Å². The van der Waals surface area contributed by atoms with E-state index >= 15 is 0 Å². The molecule has 0 fully saturated rings. The Hall–Kier alpha value is -2.55. The summed E-state index contributed by atoms with van der Waals surface area (Å²) in [4.78, 5) is 4.79. The Kier molecular flexibility index (Phi) is 3.49. The molecule has 0 aliphatic carbocycles. The molecule has 0 atom stereocenters. The Labute approximate surface area is 130 Å². The van der Waals surface area contributed by atoms with E-state index in [1.807, 2.05) is 12.1 Å². The third-order valence-electron chi connectivity index (χ3n) is 4.19. The number of methoxy groups -OCH3 is 1. The first-order chi connectivity index (χ1) is 10.5. The SMILES string of the molecule is COc1ccc(O)c(-c2cc(C)c3ccc(C)c(C)c3n2)c1. The van der Waals surface area contributed by atoms with Crippen LogP contribution in [0.25, 0.3) is 22.2 Å². The number of benzene rings is 2. The molecule has 0 saturated heterocycles. The van der Waals surface area contributed by atoms with Gasteiger partial charge in [0.2, 0.25) is 0 Å². The minimum atomic E-state index is 0.206. The summed E-state index contributed by atoms with van der Waals surface area (Å²) in [6, 6.07) is 11.4. The average molecular weight is 293 g/mol. The predicted octanol–water partition coefficient (Wildman–Crippen LogP) is 4.54. The zero-order chi connectivity index (χ0) is 15.9. The number of hydrogen-bond donors (Lipinski definition) is 1. The molecule has 3 heteroatoms. The van der Waals surface area contributed by atoms with Crippen molar-refractivity contribution in [3.05, 3.63) is 53.1 Å². The van der Waals surface area contributed by atoms with Crippen LogP contribution in [0, 0.1) is 20.8 Å². The second-order valence-corrected chi connectivity index (χ2v) is 5.61. The van der Waals surface area contributed by atoms with Gasteiger partial charge in [-0.05, 0) is 61.7 Å². The predicted molar refractivity (Wildman–Crippen MR) is 89.6 cm³/mol. The molecule has 22 heavy (non-hydrogen) atoms. The number of rotatable bonds is 2. The highest BCUT2D eigenvalue weighted by Crippen LogP contribution is 2.34. The second kappa shape index (κ2) is 5.34. The number of pyridine rings is 1. The van der Waals surface area contributed by atoms with Crippen molar-refractivity contribution in [2.45, 2.75) is 20.8 Å². The van der Waals surface area contributed by atoms with Crippen LogP contribution in [0.1, 0.15) is 16.7 Å². The van der Waals surface area contributed by atoms with Crippen LogP contribution in [-0.2, 0) is 0 Å². The average Bonchev–Trinajstić information content (AvgIpc) is 2.51. The molecule has 2 aromatic carbocycles. The van der Waals surface area contributed by atoms with E-state index in [1.165, 1.54) is 11.1 Å². The van der Waals surface area contributed by atoms with E-state index in [0.29, 0.717) is 11.3 Å². The summed E-state index contributed by atoms with van der Waals surface area (Å²) in [7, 11) is 1.61. The van der Waals surface area contributed by atoms with E-state index in [0.717, 1.165) is 22.2 Å². The largest absolute Gasteiger partial charge is 0.507 e. The van der Waals surface area contributed by atoms with Gasteiger partial charge in [0.1, 0.15) is 11.5 Å². The molecule has 112 valence electrons. The molecule has 0 unspecified atom stereocenters. The van der Waals surface area contributed by atoms with Crippen LogP contribution in [0.5, 0.6) is 11.5 Å². The number of aromatic hydroxyl groups is 1. The number of aryl methyl sites for hydroxylation is 3. The van der Waals surface area contributed by atoms with E-state index in [1.54, 1.807) is 19.2 Å². The third kappa shape index (κ3) is 2.29. The topological polar surface area (TPSA) is 42.4 Å². The Bertz CT molecular complexity index is 869. The van der Waals surface area contributed by atoms with E-state index in [9.17, 15) is 5.11 Å². The maximum absolute atomic E-state index is 10.2. The van der Waals surface area contributed by atoms with Gasteiger partial charge in [-0.3, -0.25) is 0 Å². The van der Waals surface area contributed by atoms with E-state index < -0.39 is 0 Å². The van der Waals surface area contributed by atoms with Crippen LogP contribution in [0.3, 0.4) is 0 Å². The molecule has 0 bridgehead atoms. The zero-order valence-corrected chi connectivity index (χ0v) is 13.3. The summed E-state index contributed by atoms with van der Waals surface area (Å²) in [6.45, 7) is 6.24. The summed E-state index contributed by atoms with van der Waals surface area (Å²) in [6.07, 6.45) is 0. The summed E-state index contributed by atoms with van der Waals surface area (Å²) in [5.74, 6) is 0.908. The highest BCUT2D eigenvalue weighted by atomic mass is 16.5. The molecule has 0 saturated carbocycles. The minimum absolute atomic E-state index is 0.206. The fourth-order valence-electron chi connectivity index (χ4n) is 2.68. The number of hydrogen-bond acceptors (Lipinski definition) is 3. The monoisotopic (exact) mass is 293 g/mol. The molecule has 3 aromatic rings. The molecule has 1 heterocycles. The fraction of sp³-hybridized carbons (Fsp3) is 0.211. The van der Waals surface area contributed by atoms with Gasteiger partial charge in [0.05, 0.1) is 18.3 Å². The lowest BCUT2D eigenvalue weighted by atomic mass is 10.00. The smallest absolute Gasteiger partial charge is 0.125 e. The summed E-state index contributed by atoms with van der Waals surface area (Å²) in [5.41, 5.74) is 5.96. The highest BCUT2D eigenvalue weighted by molar-refractivity contribution is 5.88. The van der Waals surface area contributed by atoms with Crippen LogP contribution in [0.15, 0.2) is 36.4 Å². The molecule has 0 spiro atoms. The lowest BCUT2D eigenvalue weighted by Gasteiger charge is -2.12. The van der Waals surface area contributed by atoms with Crippen LogP contribution < -0.4 is 4.74 Å². The van der Waals surface area contributed by atoms with Gasteiger partial charge in [0.15, 0.2) is 0 Å². The van der Waals surface area contributed by atoms with Gasteiger partial charge < -0.3 is 9.84 Å². The second-order valence-electron chi connectivity index (χ2n) is 5.61. The van der Waals surface area contributed by atoms with Crippen LogP contribution in [0.2, 0.25) is 0 Å². The zero-order valence-electron chi connectivity index (χ0n) is 13.3. The van der Waals surface area contributed by atoms with Gasteiger partial charge in [-0.1, -0.05) is 12.1 Å². The molecule has 1 N–H and O–H groups in total.